The van der Waals surface area contributed by atoms with Gasteiger partial charge in [0.15, 0.2) is 11.6 Å². The highest BCUT2D eigenvalue weighted by Crippen LogP contribution is 2.33. The number of ether oxygens (including phenoxy) is 2. The molecule has 1 aromatic heterocycles. The zero-order valence-corrected chi connectivity index (χ0v) is 23.3. The molecule has 0 saturated heterocycles. The van der Waals surface area contributed by atoms with Crippen molar-refractivity contribution < 1.29 is 23.5 Å². The first-order chi connectivity index (χ1) is 20.3. The number of amides is 2. The Labute approximate surface area is 242 Å². The topological polar surface area (TPSA) is 97.4 Å². The number of carbonyl (C=O) groups excluding carboxylic acids is 2. The van der Waals surface area contributed by atoms with Crippen LogP contribution in [0.25, 0.3) is 23.0 Å². The monoisotopic (exact) mass is 562 g/mol. The minimum atomic E-state index is -0.665. The van der Waals surface area contributed by atoms with Crippen LogP contribution in [-0.2, 0) is 16.1 Å². The number of aromatic nitrogens is 2. The normalized spacial score (nSPS) is 14.4. The summed E-state index contributed by atoms with van der Waals surface area (Å²) in [6.07, 6.45) is 3.32. The molecule has 210 valence electrons. The standard InChI is InChI=1S/C33H27FN4O4/c1-4-42-30-15-12-23(17-29(30)34)31-24(20-38(36-31)25-8-6-5-7-9-25)16-27-21(2)28(18-35)33(40)37(32(27)39)19-22-10-13-26(41-3)14-11-22/h5-17,20H,4,19H2,1-3H3/b27-16+. The molecule has 0 aliphatic carbocycles. The highest BCUT2D eigenvalue weighted by atomic mass is 19.1. The molecule has 0 unspecified atom stereocenters. The van der Waals surface area contributed by atoms with Crippen molar-refractivity contribution in [1.29, 1.82) is 5.26 Å². The van der Waals surface area contributed by atoms with Gasteiger partial charge in [-0.05, 0) is 73.5 Å². The van der Waals surface area contributed by atoms with Crippen molar-refractivity contribution in [3.63, 3.8) is 0 Å². The van der Waals surface area contributed by atoms with Crippen LogP contribution >= 0.6 is 0 Å². The molecule has 0 N–H and O–H groups in total. The molecular formula is C33H27FN4O4. The zero-order chi connectivity index (χ0) is 29.8. The van der Waals surface area contributed by atoms with Crippen LogP contribution in [0.3, 0.4) is 0 Å². The maximum absolute atomic E-state index is 14.9. The van der Waals surface area contributed by atoms with Crippen LogP contribution in [0.5, 0.6) is 11.5 Å². The van der Waals surface area contributed by atoms with Gasteiger partial charge in [0.1, 0.15) is 23.1 Å². The van der Waals surface area contributed by atoms with Crippen molar-refractivity contribution in [3.8, 4) is 34.5 Å². The van der Waals surface area contributed by atoms with E-state index in [0.29, 0.717) is 34.7 Å². The predicted molar refractivity (Wildman–Crippen MR) is 155 cm³/mol. The van der Waals surface area contributed by atoms with Gasteiger partial charge in [0.25, 0.3) is 11.8 Å². The molecule has 4 aromatic rings. The summed E-state index contributed by atoms with van der Waals surface area (Å²) in [6, 6.07) is 22.8. The number of para-hydroxylation sites is 1. The van der Waals surface area contributed by atoms with Gasteiger partial charge < -0.3 is 9.47 Å². The molecule has 3 aromatic carbocycles. The fourth-order valence-electron chi connectivity index (χ4n) is 4.69. The van der Waals surface area contributed by atoms with E-state index in [9.17, 15) is 19.2 Å². The second kappa shape index (κ2) is 11.9. The summed E-state index contributed by atoms with van der Waals surface area (Å²) in [5.74, 6) is -1.01. The Kier molecular flexibility index (Phi) is 7.98. The molecule has 2 heterocycles. The Bertz CT molecular complexity index is 1770. The highest BCUT2D eigenvalue weighted by molar-refractivity contribution is 6.19. The van der Waals surface area contributed by atoms with Crippen LogP contribution in [0.15, 0.2) is 95.7 Å². The number of rotatable bonds is 8. The Balaban J connectivity index is 1.63. The van der Waals surface area contributed by atoms with Crippen molar-refractivity contribution >= 4 is 17.9 Å². The summed E-state index contributed by atoms with van der Waals surface area (Å²) in [5.41, 5.74) is 3.12. The lowest BCUT2D eigenvalue weighted by Crippen LogP contribution is -2.42. The molecule has 0 bridgehead atoms. The van der Waals surface area contributed by atoms with Gasteiger partial charge in [-0.2, -0.15) is 10.4 Å². The number of hydrogen-bond acceptors (Lipinski definition) is 6. The lowest BCUT2D eigenvalue weighted by Gasteiger charge is -2.27. The summed E-state index contributed by atoms with van der Waals surface area (Å²) >= 11 is 0. The first kappa shape index (κ1) is 28.1. The van der Waals surface area contributed by atoms with E-state index in [2.05, 4.69) is 0 Å². The van der Waals surface area contributed by atoms with E-state index in [1.54, 1.807) is 68.2 Å². The molecule has 5 rings (SSSR count). The Hall–Kier alpha value is -5.49. The van der Waals surface area contributed by atoms with Gasteiger partial charge in [-0.15, -0.1) is 0 Å². The average molecular weight is 563 g/mol. The van der Waals surface area contributed by atoms with Crippen molar-refractivity contribution in [2.24, 2.45) is 0 Å². The zero-order valence-electron chi connectivity index (χ0n) is 23.3. The van der Waals surface area contributed by atoms with E-state index in [-0.39, 0.29) is 29.0 Å². The molecule has 2 amide bonds. The SMILES string of the molecule is CCOc1ccc(-c2nn(-c3ccccc3)cc2/C=C2/C(=O)N(Cc3ccc(OC)cc3)C(=O)C(C#N)=C2C)cc1F. The van der Waals surface area contributed by atoms with Crippen molar-refractivity contribution in [2.75, 3.05) is 13.7 Å². The molecule has 42 heavy (non-hydrogen) atoms. The number of halogens is 1. The number of benzene rings is 3. The summed E-state index contributed by atoms with van der Waals surface area (Å²) < 4.78 is 27.1. The highest BCUT2D eigenvalue weighted by Gasteiger charge is 2.35. The summed E-state index contributed by atoms with van der Waals surface area (Å²) in [6.45, 7) is 3.63. The van der Waals surface area contributed by atoms with E-state index >= 15 is 0 Å². The summed E-state index contributed by atoms with van der Waals surface area (Å²) in [7, 11) is 1.55. The molecule has 8 nitrogen and oxygen atoms in total. The van der Waals surface area contributed by atoms with Crippen molar-refractivity contribution in [2.45, 2.75) is 20.4 Å². The lowest BCUT2D eigenvalue weighted by molar-refractivity contribution is -0.141. The second-order valence-corrected chi connectivity index (χ2v) is 9.51. The lowest BCUT2D eigenvalue weighted by atomic mass is 9.93. The first-order valence-electron chi connectivity index (χ1n) is 13.2. The third-order valence-corrected chi connectivity index (χ3v) is 6.89. The van der Waals surface area contributed by atoms with Gasteiger partial charge in [-0.1, -0.05) is 30.3 Å². The van der Waals surface area contributed by atoms with Gasteiger partial charge in [-0.25, -0.2) is 9.07 Å². The van der Waals surface area contributed by atoms with Gasteiger partial charge in [0, 0.05) is 22.9 Å². The Morgan fingerprint density at radius 3 is 2.40 bits per heavy atom. The third kappa shape index (κ3) is 5.43. The Morgan fingerprint density at radius 2 is 1.76 bits per heavy atom. The summed E-state index contributed by atoms with van der Waals surface area (Å²) in [5, 5.41) is 14.6. The van der Waals surface area contributed by atoms with Gasteiger partial charge >= 0.3 is 0 Å². The third-order valence-electron chi connectivity index (χ3n) is 6.89. The molecule has 0 fully saturated rings. The van der Waals surface area contributed by atoms with Crippen LogP contribution in [0.2, 0.25) is 0 Å². The second-order valence-electron chi connectivity index (χ2n) is 9.51. The molecule has 0 radical (unpaired) electrons. The average Bonchev–Trinajstić information content (AvgIpc) is 3.43. The maximum Gasteiger partial charge on any atom is 0.271 e. The number of nitrogens with zero attached hydrogens (tertiary/aromatic N) is 4. The first-order valence-corrected chi connectivity index (χ1v) is 13.2. The van der Waals surface area contributed by atoms with E-state index < -0.39 is 17.6 Å². The van der Waals surface area contributed by atoms with E-state index in [4.69, 9.17) is 14.6 Å². The van der Waals surface area contributed by atoms with Gasteiger partial charge in [0.2, 0.25) is 0 Å². The Morgan fingerprint density at radius 1 is 1.02 bits per heavy atom. The minimum absolute atomic E-state index is 0.0301. The van der Waals surface area contributed by atoms with Crippen LogP contribution in [0.4, 0.5) is 4.39 Å². The van der Waals surface area contributed by atoms with Crippen LogP contribution in [0.1, 0.15) is 25.0 Å². The van der Waals surface area contributed by atoms with Crippen molar-refractivity contribution in [3.05, 3.63) is 113 Å². The molecule has 0 spiro atoms. The molecule has 9 heteroatoms. The molecular weight excluding hydrogens is 535 g/mol. The van der Waals surface area contributed by atoms with E-state index in [1.165, 1.54) is 12.1 Å². The van der Waals surface area contributed by atoms with E-state index in [0.717, 1.165) is 10.6 Å². The maximum atomic E-state index is 14.9. The largest absolute Gasteiger partial charge is 0.497 e. The van der Waals surface area contributed by atoms with Gasteiger partial charge in [-0.3, -0.25) is 14.5 Å². The summed E-state index contributed by atoms with van der Waals surface area (Å²) in [4.78, 5) is 28.1. The smallest absolute Gasteiger partial charge is 0.271 e. The van der Waals surface area contributed by atoms with Gasteiger partial charge in [0.05, 0.1) is 25.9 Å². The minimum Gasteiger partial charge on any atom is -0.497 e. The molecule has 1 aliphatic rings. The fraction of sp³-hybridized carbons (Fsp3) is 0.152. The number of hydrogen-bond donors (Lipinski definition) is 0. The van der Waals surface area contributed by atoms with Crippen LogP contribution in [-0.4, -0.2) is 40.2 Å². The van der Waals surface area contributed by atoms with Crippen LogP contribution < -0.4 is 9.47 Å². The number of methoxy groups -OCH3 is 1. The number of imide groups is 1. The number of nitriles is 1. The van der Waals surface area contributed by atoms with Crippen molar-refractivity contribution in [1.82, 2.24) is 14.7 Å². The number of carbonyl (C=O) groups is 2. The van der Waals surface area contributed by atoms with Crippen LogP contribution in [0, 0.1) is 17.1 Å². The van der Waals surface area contributed by atoms with E-state index in [1.807, 2.05) is 36.4 Å². The molecule has 1 aliphatic heterocycles. The quantitative estimate of drug-likeness (QED) is 0.197. The fourth-order valence-corrected chi connectivity index (χ4v) is 4.69. The predicted octanol–water partition coefficient (Wildman–Crippen LogP) is 5.88. The molecule has 0 saturated carbocycles. The molecule has 0 atom stereocenters.